The first-order valence-corrected chi connectivity index (χ1v) is 10.3. The summed E-state index contributed by atoms with van der Waals surface area (Å²) in [6, 6.07) is 7.42. The normalized spacial score (nSPS) is 15.2. The number of ether oxygens (including phenoxy) is 2. The molecule has 0 atom stereocenters. The summed E-state index contributed by atoms with van der Waals surface area (Å²) in [6.45, 7) is 6.73. The molecule has 1 aromatic heterocycles. The van der Waals surface area contributed by atoms with E-state index >= 15 is 0 Å². The van der Waals surface area contributed by atoms with Crippen molar-refractivity contribution < 1.29 is 18.7 Å². The van der Waals surface area contributed by atoms with Gasteiger partial charge in [-0.15, -0.1) is 0 Å². The van der Waals surface area contributed by atoms with Gasteiger partial charge in [0, 0.05) is 38.2 Å². The van der Waals surface area contributed by atoms with Crippen molar-refractivity contribution >= 4 is 17.7 Å². The summed E-state index contributed by atoms with van der Waals surface area (Å²) in [5, 5.41) is 0.306. The Morgan fingerprint density at radius 3 is 2.57 bits per heavy atom. The molecule has 0 spiro atoms. The zero-order chi connectivity index (χ0) is 21.9. The summed E-state index contributed by atoms with van der Waals surface area (Å²) in [6.07, 6.45) is 2.24. The first-order chi connectivity index (χ1) is 14.1. The number of aromatic nitrogens is 1. The van der Waals surface area contributed by atoms with Gasteiger partial charge in [0.15, 0.2) is 0 Å². The quantitative estimate of drug-likeness (QED) is 0.709. The summed E-state index contributed by atoms with van der Waals surface area (Å²) in [4.78, 5) is 26.3. The van der Waals surface area contributed by atoms with Crippen LogP contribution in [0.5, 0.6) is 5.75 Å². The van der Waals surface area contributed by atoms with Crippen LogP contribution in [0.3, 0.4) is 0 Å². The maximum Gasteiger partial charge on any atom is 0.410 e. The molecule has 3 rings (SSSR count). The average molecular weight is 437 g/mol. The molecular formula is C22H26ClFN2O4. The predicted molar refractivity (Wildman–Crippen MR) is 113 cm³/mol. The number of carbonyl (C=O) groups excluding carboxylic acids is 1. The highest BCUT2D eigenvalue weighted by atomic mass is 35.5. The van der Waals surface area contributed by atoms with E-state index < -0.39 is 5.60 Å². The van der Waals surface area contributed by atoms with Gasteiger partial charge >= 0.3 is 6.09 Å². The van der Waals surface area contributed by atoms with Gasteiger partial charge < -0.3 is 18.9 Å². The highest BCUT2D eigenvalue weighted by Crippen LogP contribution is 2.26. The van der Waals surface area contributed by atoms with Crippen molar-refractivity contribution in [2.45, 2.75) is 51.9 Å². The molecule has 0 saturated carbocycles. The SMILES string of the molecule is CC(C)(C)OC(=O)N1CCC(Oc2cc(=O)n(Cc3cccc(F)c3)cc2Cl)CC1. The highest BCUT2D eigenvalue weighted by molar-refractivity contribution is 6.31. The number of likely N-dealkylation sites (tertiary alicyclic amines) is 1. The fraction of sp³-hybridized carbons (Fsp3) is 0.455. The molecule has 0 unspecified atom stereocenters. The number of piperidine rings is 1. The van der Waals surface area contributed by atoms with Crippen molar-refractivity contribution in [2.75, 3.05) is 13.1 Å². The van der Waals surface area contributed by atoms with Gasteiger partial charge in [0.2, 0.25) is 0 Å². The number of benzene rings is 1. The molecule has 0 bridgehead atoms. The molecule has 8 heteroatoms. The largest absolute Gasteiger partial charge is 0.488 e. The van der Waals surface area contributed by atoms with Crippen LogP contribution < -0.4 is 10.3 Å². The van der Waals surface area contributed by atoms with Crippen LogP contribution in [0, 0.1) is 5.82 Å². The monoisotopic (exact) mass is 436 g/mol. The minimum absolute atomic E-state index is 0.153. The third-order valence-electron chi connectivity index (χ3n) is 4.67. The molecule has 162 valence electrons. The molecule has 1 aliphatic heterocycles. The first-order valence-electron chi connectivity index (χ1n) is 9.90. The number of halogens is 2. The van der Waals surface area contributed by atoms with Crippen LogP contribution in [0.1, 0.15) is 39.2 Å². The fourth-order valence-electron chi connectivity index (χ4n) is 3.24. The summed E-state index contributed by atoms with van der Waals surface area (Å²) in [5.74, 6) is -0.0443. The molecule has 30 heavy (non-hydrogen) atoms. The van der Waals surface area contributed by atoms with Crippen LogP contribution in [-0.2, 0) is 11.3 Å². The number of nitrogens with zero attached hydrogens (tertiary/aromatic N) is 2. The van der Waals surface area contributed by atoms with Crippen LogP contribution in [-0.4, -0.2) is 40.4 Å². The maximum absolute atomic E-state index is 13.4. The van der Waals surface area contributed by atoms with E-state index in [4.69, 9.17) is 21.1 Å². The van der Waals surface area contributed by atoms with Crippen LogP contribution in [0.15, 0.2) is 41.3 Å². The molecule has 2 heterocycles. The second kappa shape index (κ2) is 9.08. The van der Waals surface area contributed by atoms with Crippen molar-refractivity contribution in [3.8, 4) is 5.75 Å². The van der Waals surface area contributed by atoms with Gasteiger partial charge in [-0.25, -0.2) is 9.18 Å². The fourth-order valence-corrected chi connectivity index (χ4v) is 3.45. The van der Waals surface area contributed by atoms with Crippen molar-refractivity contribution in [1.82, 2.24) is 9.47 Å². The number of amides is 1. The van der Waals surface area contributed by atoms with Crippen molar-refractivity contribution in [2.24, 2.45) is 0 Å². The Morgan fingerprint density at radius 2 is 1.93 bits per heavy atom. The number of hydrogen-bond acceptors (Lipinski definition) is 4. The standard InChI is InChI=1S/C22H26ClFN2O4/c1-22(2,3)30-21(28)25-9-7-17(8-10-25)29-19-12-20(27)26(14-18(19)23)13-15-5-4-6-16(24)11-15/h4-6,11-12,14,17H,7-10,13H2,1-3H3. The lowest BCUT2D eigenvalue weighted by atomic mass is 10.1. The Bertz CT molecular complexity index is 962. The van der Waals surface area contributed by atoms with E-state index in [1.807, 2.05) is 20.8 Å². The Labute approximate surface area is 180 Å². The lowest BCUT2D eigenvalue weighted by Crippen LogP contribution is -2.44. The highest BCUT2D eigenvalue weighted by Gasteiger charge is 2.28. The third-order valence-corrected chi connectivity index (χ3v) is 4.96. The van der Waals surface area contributed by atoms with E-state index in [9.17, 15) is 14.0 Å². The van der Waals surface area contributed by atoms with E-state index in [-0.39, 0.29) is 30.1 Å². The predicted octanol–water partition coefficient (Wildman–Crippen LogP) is 4.47. The molecular weight excluding hydrogens is 411 g/mol. The lowest BCUT2D eigenvalue weighted by molar-refractivity contribution is 0.0126. The number of hydrogen-bond donors (Lipinski definition) is 0. The average Bonchev–Trinajstić information content (AvgIpc) is 2.65. The molecule has 0 radical (unpaired) electrons. The summed E-state index contributed by atoms with van der Waals surface area (Å²) >= 11 is 6.33. The van der Waals surface area contributed by atoms with Gasteiger partial charge in [-0.1, -0.05) is 23.7 Å². The molecule has 1 aromatic carbocycles. The maximum atomic E-state index is 13.4. The number of pyridine rings is 1. The topological polar surface area (TPSA) is 60.8 Å². The molecule has 0 N–H and O–H groups in total. The van der Waals surface area contributed by atoms with Gasteiger partial charge in [0.05, 0.1) is 11.6 Å². The molecule has 6 nitrogen and oxygen atoms in total. The van der Waals surface area contributed by atoms with Crippen LogP contribution >= 0.6 is 11.6 Å². The van der Waals surface area contributed by atoms with Crippen LogP contribution in [0.25, 0.3) is 0 Å². The van der Waals surface area contributed by atoms with Crippen molar-refractivity contribution in [3.05, 3.63) is 63.3 Å². The molecule has 1 amide bonds. The zero-order valence-electron chi connectivity index (χ0n) is 17.4. The van der Waals surface area contributed by atoms with Crippen molar-refractivity contribution in [1.29, 1.82) is 0 Å². The van der Waals surface area contributed by atoms with E-state index in [2.05, 4.69) is 0 Å². The van der Waals surface area contributed by atoms with Crippen LogP contribution in [0.2, 0.25) is 5.02 Å². The van der Waals surface area contributed by atoms with Gasteiger partial charge in [0.25, 0.3) is 5.56 Å². The van der Waals surface area contributed by atoms with Gasteiger partial charge in [-0.2, -0.15) is 0 Å². The van der Waals surface area contributed by atoms with Gasteiger partial charge in [0.1, 0.15) is 23.3 Å². The molecule has 1 saturated heterocycles. The Balaban J connectivity index is 1.61. The van der Waals surface area contributed by atoms with E-state index in [1.54, 1.807) is 17.0 Å². The lowest BCUT2D eigenvalue weighted by Gasteiger charge is -2.33. The minimum atomic E-state index is -0.534. The van der Waals surface area contributed by atoms with Gasteiger partial charge in [-0.05, 0) is 38.5 Å². The second-order valence-electron chi connectivity index (χ2n) is 8.37. The van der Waals surface area contributed by atoms with Gasteiger partial charge in [-0.3, -0.25) is 4.79 Å². The smallest absolute Gasteiger partial charge is 0.410 e. The van der Waals surface area contributed by atoms with Crippen molar-refractivity contribution in [3.63, 3.8) is 0 Å². The number of rotatable bonds is 4. The molecule has 0 aliphatic carbocycles. The summed E-state index contributed by atoms with van der Waals surface area (Å²) < 4.78 is 26.1. The molecule has 1 aliphatic rings. The van der Waals surface area contributed by atoms with E-state index in [1.165, 1.54) is 29.0 Å². The number of carbonyl (C=O) groups is 1. The zero-order valence-corrected chi connectivity index (χ0v) is 18.1. The Morgan fingerprint density at radius 1 is 1.23 bits per heavy atom. The van der Waals surface area contributed by atoms with E-state index in [0.29, 0.717) is 42.3 Å². The second-order valence-corrected chi connectivity index (χ2v) is 8.77. The molecule has 1 fully saturated rings. The Hall–Kier alpha value is -2.54. The first kappa shape index (κ1) is 22.2. The van der Waals surface area contributed by atoms with Crippen LogP contribution in [0.4, 0.5) is 9.18 Å². The summed E-state index contributed by atoms with van der Waals surface area (Å²) in [7, 11) is 0. The van der Waals surface area contributed by atoms with E-state index in [0.717, 1.165) is 0 Å². The minimum Gasteiger partial charge on any atom is -0.488 e. The summed E-state index contributed by atoms with van der Waals surface area (Å²) in [5.41, 5.74) is -0.158. The third kappa shape index (κ3) is 5.98. The molecule has 2 aromatic rings. The Kier molecular flexibility index (Phi) is 6.71.